The first-order chi connectivity index (χ1) is 8.77. The van der Waals surface area contributed by atoms with Crippen LogP contribution < -0.4 is 5.32 Å². The van der Waals surface area contributed by atoms with E-state index < -0.39 is 0 Å². The van der Waals surface area contributed by atoms with E-state index in [1.54, 1.807) is 0 Å². The molecule has 94 valence electrons. The van der Waals surface area contributed by atoms with Gasteiger partial charge in [0.05, 0.1) is 12.2 Å². The van der Waals surface area contributed by atoms with Crippen molar-refractivity contribution in [3.63, 3.8) is 0 Å². The second-order valence-corrected chi connectivity index (χ2v) is 3.96. The van der Waals surface area contributed by atoms with Crippen molar-refractivity contribution in [1.29, 1.82) is 0 Å². The van der Waals surface area contributed by atoms with Crippen molar-refractivity contribution in [3.8, 4) is 0 Å². The van der Waals surface area contributed by atoms with E-state index >= 15 is 0 Å². The average molecular weight is 243 g/mol. The van der Waals surface area contributed by atoms with Crippen LogP contribution in [0.25, 0.3) is 10.8 Å². The molecule has 0 radical (unpaired) electrons. The van der Waals surface area contributed by atoms with Crippen molar-refractivity contribution in [1.82, 2.24) is 0 Å². The summed E-state index contributed by atoms with van der Waals surface area (Å²) in [4.78, 5) is 11.9. The van der Waals surface area contributed by atoms with Gasteiger partial charge in [-0.3, -0.25) is 0 Å². The van der Waals surface area contributed by atoms with Crippen LogP contribution in [0.4, 0.5) is 5.69 Å². The van der Waals surface area contributed by atoms with E-state index in [1.165, 1.54) is 0 Å². The zero-order valence-corrected chi connectivity index (χ0v) is 10.7. The summed E-state index contributed by atoms with van der Waals surface area (Å²) in [6.07, 6.45) is 0. The third kappa shape index (κ3) is 2.30. The van der Waals surface area contributed by atoms with Gasteiger partial charge in [-0.2, -0.15) is 0 Å². The van der Waals surface area contributed by atoms with Crippen LogP contribution in [0.5, 0.6) is 0 Å². The highest BCUT2D eigenvalue weighted by Crippen LogP contribution is 2.27. The summed E-state index contributed by atoms with van der Waals surface area (Å²) in [5.74, 6) is -0.267. The molecule has 0 unspecified atom stereocenters. The molecule has 3 heteroatoms. The predicted molar refractivity (Wildman–Crippen MR) is 74.1 cm³/mol. The molecule has 18 heavy (non-hydrogen) atoms. The smallest absolute Gasteiger partial charge is 0.338 e. The molecule has 0 fully saturated rings. The number of anilines is 1. The third-order valence-corrected chi connectivity index (χ3v) is 2.79. The van der Waals surface area contributed by atoms with Gasteiger partial charge < -0.3 is 10.1 Å². The van der Waals surface area contributed by atoms with Crippen molar-refractivity contribution >= 4 is 22.4 Å². The molecule has 0 bridgehead atoms. The second kappa shape index (κ2) is 5.54. The fourth-order valence-electron chi connectivity index (χ4n) is 2.03. The van der Waals surface area contributed by atoms with Gasteiger partial charge >= 0.3 is 5.97 Å². The molecule has 0 atom stereocenters. The van der Waals surface area contributed by atoms with Gasteiger partial charge in [0.15, 0.2) is 0 Å². The van der Waals surface area contributed by atoms with E-state index in [-0.39, 0.29) is 5.97 Å². The lowest BCUT2D eigenvalue weighted by Gasteiger charge is -2.11. The van der Waals surface area contributed by atoms with E-state index in [0.717, 1.165) is 23.0 Å². The number of fused-ring (bicyclic) bond motifs is 1. The van der Waals surface area contributed by atoms with E-state index in [2.05, 4.69) is 5.32 Å². The number of carbonyl (C=O) groups excluding carboxylic acids is 1. The molecular weight excluding hydrogens is 226 g/mol. The number of hydrogen-bond donors (Lipinski definition) is 1. The van der Waals surface area contributed by atoms with Crippen LogP contribution in [0.15, 0.2) is 36.4 Å². The van der Waals surface area contributed by atoms with Crippen LogP contribution >= 0.6 is 0 Å². The lowest BCUT2D eigenvalue weighted by atomic mass is 10.0. The maximum absolute atomic E-state index is 11.9. The number of nitrogens with one attached hydrogen (secondary N) is 1. The van der Waals surface area contributed by atoms with Crippen molar-refractivity contribution in [3.05, 3.63) is 42.0 Å². The molecule has 1 N–H and O–H groups in total. The largest absolute Gasteiger partial charge is 0.462 e. The Hall–Kier alpha value is -2.03. The topological polar surface area (TPSA) is 38.3 Å². The zero-order chi connectivity index (χ0) is 13.0. The standard InChI is InChI=1S/C15H17NO2/c1-3-16-14-10-9-13(15(17)18-4-2)11-7-5-6-8-12(11)14/h5-10,16H,3-4H2,1-2H3. The minimum absolute atomic E-state index is 0.267. The molecule has 2 aromatic carbocycles. The molecule has 0 saturated carbocycles. The van der Waals surface area contributed by atoms with E-state index in [9.17, 15) is 4.79 Å². The van der Waals surface area contributed by atoms with Crippen LogP contribution in [-0.4, -0.2) is 19.1 Å². The van der Waals surface area contributed by atoms with E-state index in [0.29, 0.717) is 12.2 Å². The first-order valence-corrected chi connectivity index (χ1v) is 6.20. The first-order valence-electron chi connectivity index (χ1n) is 6.20. The van der Waals surface area contributed by atoms with Gasteiger partial charge in [-0.25, -0.2) is 4.79 Å². The number of rotatable bonds is 4. The van der Waals surface area contributed by atoms with Crippen LogP contribution in [0.2, 0.25) is 0 Å². The van der Waals surface area contributed by atoms with Gasteiger partial charge in [0.1, 0.15) is 0 Å². The van der Waals surface area contributed by atoms with E-state index in [1.807, 2.05) is 50.2 Å². The fraction of sp³-hybridized carbons (Fsp3) is 0.267. The molecule has 3 nitrogen and oxygen atoms in total. The van der Waals surface area contributed by atoms with Gasteiger partial charge in [0, 0.05) is 17.6 Å². The summed E-state index contributed by atoms with van der Waals surface area (Å²) in [6, 6.07) is 11.6. The Morgan fingerprint density at radius 2 is 1.83 bits per heavy atom. The molecule has 0 amide bonds. The van der Waals surface area contributed by atoms with Gasteiger partial charge in [0.2, 0.25) is 0 Å². The molecule has 0 aliphatic carbocycles. The highest BCUT2D eigenvalue weighted by Gasteiger charge is 2.12. The molecule has 0 saturated heterocycles. The van der Waals surface area contributed by atoms with Crippen molar-refractivity contribution in [2.75, 3.05) is 18.5 Å². The third-order valence-electron chi connectivity index (χ3n) is 2.79. The van der Waals surface area contributed by atoms with Crippen molar-refractivity contribution in [2.24, 2.45) is 0 Å². The van der Waals surface area contributed by atoms with Gasteiger partial charge in [-0.05, 0) is 31.4 Å². The first kappa shape index (κ1) is 12.4. The van der Waals surface area contributed by atoms with E-state index in [4.69, 9.17) is 4.74 Å². The molecule has 0 aromatic heterocycles. The Labute approximate surface area is 107 Å². The predicted octanol–water partition coefficient (Wildman–Crippen LogP) is 3.45. The average Bonchev–Trinajstić information content (AvgIpc) is 2.39. The summed E-state index contributed by atoms with van der Waals surface area (Å²) < 4.78 is 5.08. The number of carbonyl (C=O) groups is 1. The van der Waals surface area contributed by atoms with Crippen LogP contribution in [0.3, 0.4) is 0 Å². The van der Waals surface area contributed by atoms with Gasteiger partial charge in [-0.1, -0.05) is 24.3 Å². The van der Waals surface area contributed by atoms with Crippen molar-refractivity contribution < 1.29 is 9.53 Å². The Kier molecular flexibility index (Phi) is 3.82. The summed E-state index contributed by atoms with van der Waals surface area (Å²) >= 11 is 0. The summed E-state index contributed by atoms with van der Waals surface area (Å²) in [7, 11) is 0. The zero-order valence-electron chi connectivity index (χ0n) is 10.7. The number of benzene rings is 2. The number of ether oxygens (including phenoxy) is 1. The van der Waals surface area contributed by atoms with Crippen LogP contribution in [0.1, 0.15) is 24.2 Å². The number of esters is 1. The number of hydrogen-bond acceptors (Lipinski definition) is 3. The second-order valence-electron chi connectivity index (χ2n) is 3.96. The summed E-state index contributed by atoms with van der Waals surface area (Å²) in [6.45, 7) is 5.10. The molecule has 2 aromatic rings. The highest BCUT2D eigenvalue weighted by molar-refractivity contribution is 6.08. The molecule has 0 heterocycles. The normalized spacial score (nSPS) is 10.3. The molecule has 2 rings (SSSR count). The Bertz CT molecular complexity index is 563. The lowest BCUT2D eigenvalue weighted by molar-refractivity contribution is 0.0529. The van der Waals surface area contributed by atoms with Gasteiger partial charge in [0.25, 0.3) is 0 Å². The Morgan fingerprint density at radius 1 is 1.11 bits per heavy atom. The minimum Gasteiger partial charge on any atom is -0.462 e. The van der Waals surface area contributed by atoms with Crippen LogP contribution in [0, 0.1) is 0 Å². The monoisotopic (exact) mass is 243 g/mol. The maximum atomic E-state index is 11.9. The minimum atomic E-state index is -0.267. The fourth-order valence-corrected chi connectivity index (χ4v) is 2.03. The summed E-state index contributed by atoms with van der Waals surface area (Å²) in [5.41, 5.74) is 1.66. The maximum Gasteiger partial charge on any atom is 0.338 e. The molecular formula is C15H17NO2. The van der Waals surface area contributed by atoms with Gasteiger partial charge in [-0.15, -0.1) is 0 Å². The summed E-state index contributed by atoms with van der Waals surface area (Å²) in [5, 5.41) is 5.27. The molecule has 0 aliphatic rings. The molecule has 0 aliphatic heterocycles. The highest BCUT2D eigenvalue weighted by atomic mass is 16.5. The van der Waals surface area contributed by atoms with Crippen LogP contribution in [-0.2, 0) is 4.74 Å². The molecule has 0 spiro atoms. The lowest BCUT2D eigenvalue weighted by Crippen LogP contribution is -2.06. The van der Waals surface area contributed by atoms with Crippen molar-refractivity contribution in [2.45, 2.75) is 13.8 Å². The quantitative estimate of drug-likeness (QED) is 0.836. The Morgan fingerprint density at radius 3 is 2.50 bits per heavy atom. The Balaban J connectivity index is 2.57. The SMILES string of the molecule is CCNc1ccc(C(=O)OCC)c2ccccc12.